The highest BCUT2D eigenvalue weighted by molar-refractivity contribution is 5.95. The largest absolute Gasteiger partial charge is 0.497 e. The van der Waals surface area contributed by atoms with Crippen LogP contribution >= 0.6 is 0 Å². The van der Waals surface area contributed by atoms with Gasteiger partial charge in [0.2, 0.25) is 0 Å². The van der Waals surface area contributed by atoms with Gasteiger partial charge >= 0.3 is 5.69 Å². The quantitative estimate of drug-likeness (QED) is 0.122. The number of ether oxygens (including phenoxy) is 2. The SMILES string of the molecule is CC(=O)O.COc1cc(OCCO)c(F)c([C@H](Nc2ccc(C(=N)N)cc2)c2nn(-c3ncccn3)c(=O)[nH]2)c1. The second-order valence-corrected chi connectivity index (χ2v) is 7.96. The second-order valence-electron chi connectivity index (χ2n) is 7.96. The van der Waals surface area contributed by atoms with Gasteiger partial charge in [0.1, 0.15) is 24.2 Å². The number of nitrogens with one attached hydrogen (secondary N) is 3. The number of aromatic nitrogens is 5. The second kappa shape index (κ2) is 13.5. The summed E-state index contributed by atoms with van der Waals surface area (Å²) in [6.45, 7) is 0.635. The molecule has 2 aromatic carbocycles. The van der Waals surface area contributed by atoms with Crippen LogP contribution in [0.25, 0.3) is 5.95 Å². The van der Waals surface area contributed by atoms with E-state index in [1.165, 1.54) is 31.6 Å². The Balaban J connectivity index is 0.00000103. The number of hydrogen-bond acceptors (Lipinski definition) is 10. The summed E-state index contributed by atoms with van der Waals surface area (Å²) in [4.78, 5) is 32.4. The van der Waals surface area contributed by atoms with E-state index in [1.54, 1.807) is 30.3 Å². The number of carbonyl (C=O) groups is 1. The van der Waals surface area contributed by atoms with Gasteiger partial charge in [-0.15, -0.1) is 9.78 Å². The van der Waals surface area contributed by atoms with Gasteiger partial charge in [0, 0.05) is 42.2 Å². The van der Waals surface area contributed by atoms with Crippen LogP contribution in [0.5, 0.6) is 11.5 Å². The minimum Gasteiger partial charge on any atom is -0.497 e. The van der Waals surface area contributed by atoms with Gasteiger partial charge in [-0.2, -0.15) is 0 Å². The Labute approximate surface area is 226 Å². The van der Waals surface area contributed by atoms with E-state index in [0.29, 0.717) is 11.3 Å². The van der Waals surface area contributed by atoms with Gasteiger partial charge in [-0.3, -0.25) is 15.2 Å². The Hall–Kier alpha value is -5.31. The fraction of sp³-hybridized carbons (Fsp3) is 0.200. The number of halogens is 1. The zero-order valence-corrected chi connectivity index (χ0v) is 21.5. The van der Waals surface area contributed by atoms with Crippen molar-refractivity contribution in [1.82, 2.24) is 24.7 Å². The number of aliphatic hydroxyl groups excluding tert-OH is 1. The molecule has 0 aliphatic rings. The number of aliphatic hydroxyl groups is 1. The van der Waals surface area contributed by atoms with Crippen molar-refractivity contribution in [3.05, 3.63) is 88.1 Å². The molecule has 2 heterocycles. The zero-order chi connectivity index (χ0) is 29.2. The molecule has 0 unspecified atom stereocenters. The lowest BCUT2D eigenvalue weighted by atomic mass is 10.0. The molecule has 0 amide bonds. The highest BCUT2D eigenvalue weighted by Crippen LogP contribution is 2.34. The number of aromatic amines is 1. The first kappa shape index (κ1) is 29.2. The minimum absolute atomic E-state index is 0.0349. The molecule has 210 valence electrons. The number of H-pyrrole nitrogens is 1. The van der Waals surface area contributed by atoms with Gasteiger partial charge in [0.15, 0.2) is 17.4 Å². The lowest BCUT2D eigenvalue weighted by Gasteiger charge is -2.21. The number of carboxylic acids is 1. The lowest BCUT2D eigenvalue weighted by molar-refractivity contribution is -0.134. The molecule has 40 heavy (non-hydrogen) atoms. The van der Waals surface area contributed by atoms with E-state index in [4.69, 9.17) is 35.6 Å². The van der Waals surface area contributed by atoms with Gasteiger partial charge < -0.3 is 30.7 Å². The number of amidine groups is 1. The van der Waals surface area contributed by atoms with E-state index in [2.05, 4.69) is 25.4 Å². The van der Waals surface area contributed by atoms with Crippen molar-refractivity contribution in [3.63, 3.8) is 0 Å². The Morgan fingerprint density at radius 3 is 2.48 bits per heavy atom. The van der Waals surface area contributed by atoms with E-state index in [1.807, 2.05) is 0 Å². The topological polar surface area (TPSA) is 214 Å². The summed E-state index contributed by atoms with van der Waals surface area (Å²) in [5.41, 5.74) is 5.98. The molecule has 4 rings (SSSR count). The number of nitrogen functional groups attached to an aromatic ring is 1. The third kappa shape index (κ3) is 7.38. The molecule has 15 heteroatoms. The number of hydrogen-bond donors (Lipinski definition) is 6. The molecule has 0 saturated carbocycles. The first-order chi connectivity index (χ1) is 19.1. The fourth-order valence-electron chi connectivity index (χ4n) is 3.39. The van der Waals surface area contributed by atoms with Crippen LogP contribution in [-0.4, -0.2) is 67.1 Å². The molecular weight excluding hydrogens is 527 g/mol. The molecule has 0 radical (unpaired) electrons. The van der Waals surface area contributed by atoms with Crippen LogP contribution in [0.2, 0.25) is 0 Å². The van der Waals surface area contributed by atoms with Crippen molar-refractivity contribution in [2.45, 2.75) is 13.0 Å². The predicted molar refractivity (Wildman–Crippen MR) is 142 cm³/mol. The first-order valence-corrected chi connectivity index (χ1v) is 11.6. The molecule has 1 atom stereocenters. The maximum absolute atomic E-state index is 15.7. The number of carboxylic acid groups (broad SMARTS) is 1. The third-order valence-electron chi connectivity index (χ3n) is 5.09. The number of anilines is 1. The minimum atomic E-state index is -1.03. The molecule has 0 spiro atoms. The van der Waals surface area contributed by atoms with Crippen molar-refractivity contribution >= 4 is 17.5 Å². The fourth-order valence-corrected chi connectivity index (χ4v) is 3.39. The molecular formula is C25H27FN8O6. The standard InChI is InChI=1S/C23H23FN8O4.C2H4O2/c1-35-15-11-16(18(24)17(12-15)36-10-9-33)19(29-14-5-3-13(4-6-14)20(25)26)21-30-23(34)32(31-21)22-27-7-2-8-28-22;1-2(3)4/h2-8,11-12,19,29,33H,9-10H2,1H3,(H3,25,26)(H,30,31,34);1H3,(H,3,4)/t19-;/m0./s1. The molecule has 14 nitrogen and oxygen atoms in total. The van der Waals surface area contributed by atoms with Crippen LogP contribution in [0, 0.1) is 11.2 Å². The normalized spacial score (nSPS) is 11.1. The van der Waals surface area contributed by atoms with Crippen LogP contribution in [0.4, 0.5) is 10.1 Å². The Morgan fingerprint density at radius 1 is 1.25 bits per heavy atom. The summed E-state index contributed by atoms with van der Waals surface area (Å²) >= 11 is 0. The molecule has 4 aromatic rings. The number of methoxy groups -OCH3 is 1. The summed E-state index contributed by atoms with van der Waals surface area (Å²) in [5, 5.41) is 31.6. The number of nitrogens with two attached hydrogens (primary N) is 1. The van der Waals surface area contributed by atoms with Gasteiger partial charge in [-0.05, 0) is 36.4 Å². The Morgan fingerprint density at radius 2 is 1.90 bits per heavy atom. The third-order valence-corrected chi connectivity index (χ3v) is 5.09. The number of aliphatic carboxylic acids is 1. The maximum atomic E-state index is 15.7. The highest BCUT2D eigenvalue weighted by Gasteiger charge is 2.27. The van der Waals surface area contributed by atoms with E-state index in [9.17, 15) is 4.79 Å². The molecule has 2 aromatic heterocycles. The van der Waals surface area contributed by atoms with Gasteiger partial charge in [0.05, 0.1) is 13.7 Å². The van der Waals surface area contributed by atoms with Crippen LogP contribution in [0.1, 0.15) is 29.9 Å². The summed E-state index contributed by atoms with van der Waals surface area (Å²) < 4.78 is 27.3. The molecule has 7 N–H and O–H groups in total. The number of benzene rings is 2. The summed E-state index contributed by atoms with van der Waals surface area (Å²) in [6.07, 6.45) is 2.92. The van der Waals surface area contributed by atoms with Crippen LogP contribution in [0.15, 0.2) is 59.7 Å². The van der Waals surface area contributed by atoms with Crippen molar-refractivity contribution in [1.29, 1.82) is 5.41 Å². The number of rotatable bonds is 10. The summed E-state index contributed by atoms with van der Waals surface area (Å²) in [7, 11) is 1.42. The first-order valence-electron chi connectivity index (χ1n) is 11.6. The van der Waals surface area contributed by atoms with Gasteiger partial charge in [-0.25, -0.2) is 19.2 Å². The summed E-state index contributed by atoms with van der Waals surface area (Å²) in [6, 6.07) is 9.91. The van der Waals surface area contributed by atoms with E-state index < -0.39 is 23.5 Å². The average Bonchev–Trinajstić information content (AvgIpc) is 3.33. The molecule has 0 aliphatic carbocycles. The van der Waals surface area contributed by atoms with Crippen LogP contribution in [-0.2, 0) is 4.79 Å². The van der Waals surface area contributed by atoms with Crippen molar-refractivity contribution in [2.24, 2.45) is 5.73 Å². The maximum Gasteiger partial charge on any atom is 0.350 e. The molecule has 0 aliphatic heterocycles. The predicted octanol–water partition coefficient (Wildman–Crippen LogP) is 1.45. The van der Waals surface area contributed by atoms with Crippen molar-refractivity contribution < 1.29 is 28.9 Å². The smallest absolute Gasteiger partial charge is 0.350 e. The van der Waals surface area contributed by atoms with Crippen molar-refractivity contribution in [2.75, 3.05) is 25.6 Å². The lowest BCUT2D eigenvalue weighted by Crippen LogP contribution is -2.18. The van der Waals surface area contributed by atoms with E-state index in [-0.39, 0.29) is 47.9 Å². The summed E-state index contributed by atoms with van der Waals surface area (Å²) in [5.74, 6) is -1.45. The van der Waals surface area contributed by atoms with Crippen LogP contribution < -0.4 is 26.2 Å². The van der Waals surface area contributed by atoms with Crippen LogP contribution in [0.3, 0.4) is 0 Å². The molecule has 0 saturated heterocycles. The van der Waals surface area contributed by atoms with Crippen molar-refractivity contribution in [3.8, 4) is 17.4 Å². The van der Waals surface area contributed by atoms with Gasteiger partial charge in [-0.1, -0.05) is 0 Å². The number of nitrogens with zero attached hydrogens (tertiary/aromatic N) is 4. The zero-order valence-electron chi connectivity index (χ0n) is 21.5. The average molecular weight is 555 g/mol. The Bertz CT molecular complexity index is 1500. The Kier molecular flexibility index (Phi) is 9.85. The van der Waals surface area contributed by atoms with E-state index >= 15 is 4.39 Å². The van der Waals surface area contributed by atoms with Gasteiger partial charge in [0.25, 0.3) is 11.9 Å². The monoisotopic (exact) mass is 554 g/mol. The van der Waals surface area contributed by atoms with E-state index in [0.717, 1.165) is 11.6 Å². The molecule has 0 fully saturated rings. The highest BCUT2D eigenvalue weighted by atomic mass is 19.1. The molecule has 0 bridgehead atoms.